The van der Waals surface area contributed by atoms with E-state index in [9.17, 15) is 0 Å². The van der Waals surface area contributed by atoms with Crippen molar-refractivity contribution in [3.63, 3.8) is 0 Å². The Morgan fingerprint density at radius 2 is 1.75 bits per heavy atom. The molecule has 16 heavy (non-hydrogen) atoms. The predicted octanol–water partition coefficient (Wildman–Crippen LogP) is 1.26. The van der Waals surface area contributed by atoms with E-state index in [-0.39, 0.29) is 0 Å². The molecule has 1 fully saturated rings. The lowest BCUT2D eigenvalue weighted by atomic mass is 10.2. The molecule has 3 heteroatoms. The van der Waals surface area contributed by atoms with Crippen LogP contribution in [0.5, 0.6) is 0 Å². The molecule has 0 atom stereocenters. The summed E-state index contributed by atoms with van der Waals surface area (Å²) in [6.07, 6.45) is 2.84. The number of hydrogen-bond donors (Lipinski definition) is 1. The average Bonchev–Trinajstić information content (AvgIpc) is 2.97. The van der Waals surface area contributed by atoms with Gasteiger partial charge < -0.3 is 10.2 Å². The van der Waals surface area contributed by atoms with Crippen molar-refractivity contribution in [3.05, 3.63) is 0 Å². The first kappa shape index (κ1) is 13.9. The average molecular weight is 227 g/mol. The van der Waals surface area contributed by atoms with Crippen LogP contribution in [0.15, 0.2) is 0 Å². The van der Waals surface area contributed by atoms with Crippen LogP contribution < -0.4 is 5.32 Å². The van der Waals surface area contributed by atoms with E-state index in [4.69, 9.17) is 0 Å². The largest absolute Gasteiger partial charge is 0.314 e. The minimum atomic E-state index is 0.794. The van der Waals surface area contributed by atoms with Crippen LogP contribution in [0.4, 0.5) is 0 Å². The minimum Gasteiger partial charge on any atom is -0.314 e. The van der Waals surface area contributed by atoms with Crippen LogP contribution in [0.1, 0.15) is 26.7 Å². The molecular formula is C13H29N3. The maximum absolute atomic E-state index is 3.52. The number of nitrogens with one attached hydrogen (secondary N) is 1. The molecule has 1 rings (SSSR count). The summed E-state index contributed by atoms with van der Waals surface area (Å²) < 4.78 is 0. The molecule has 0 amide bonds. The Kier molecular flexibility index (Phi) is 6.32. The zero-order chi connectivity index (χ0) is 12.0. The molecule has 0 saturated heterocycles. The second-order valence-corrected chi connectivity index (χ2v) is 5.67. The fraction of sp³-hybridized carbons (Fsp3) is 1.00. The smallest absolute Gasteiger partial charge is 0.0110 e. The van der Waals surface area contributed by atoms with E-state index in [2.05, 4.69) is 43.1 Å². The van der Waals surface area contributed by atoms with Crippen molar-refractivity contribution in [2.75, 3.05) is 46.8 Å². The molecule has 1 saturated carbocycles. The minimum absolute atomic E-state index is 0.794. The summed E-state index contributed by atoms with van der Waals surface area (Å²) in [5.74, 6) is 0.794. The molecule has 3 nitrogen and oxygen atoms in total. The maximum atomic E-state index is 3.52. The first-order valence-electron chi connectivity index (χ1n) is 6.69. The molecule has 0 heterocycles. The van der Waals surface area contributed by atoms with Gasteiger partial charge in [-0.1, -0.05) is 13.8 Å². The van der Waals surface area contributed by atoms with Crippen molar-refractivity contribution >= 4 is 0 Å². The van der Waals surface area contributed by atoms with Gasteiger partial charge in [-0.3, -0.25) is 4.90 Å². The van der Waals surface area contributed by atoms with Gasteiger partial charge >= 0.3 is 0 Å². The Balaban J connectivity index is 2.03. The first-order valence-corrected chi connectivity index (χ1v) is 6.69. The Labute approximate surface area is 101 Å². The zero-order valence-corrected chi connectivity index (χ0v) is 11.5. The molecule has 0 spiro atoms. The van der Waals surface area contributed by atoms with E-state index >= 15 is 0 Å². The van der Waals surface area contributed by atoms with E-state index < -0.39 is 0 Å². The van der Waals surface area contributed by atoms with Gasteiger partial charge in [-0.05, 0) is 32.9 Å². The number of hydrogen-bond acceptors (Lipinski definition) is 3. The van der Waals surface area contributed by atoms with Gasteiger partial charge in [-0.25, -0.2) is 0 Å². The van der Waals surface area contributed by atoms with Gasteiger partial charge in [0.05, 0.1) is 0 Å². The van der Waals surface area contributed by atoms with E-state index in [1.807, 2.05) is 0 Å². The van der Waals surface area contributed by atoms with Crippen LogP contribution in [0.3, 0.4) is 0 Å². The van der Waals surface area contributed by atoms with Crippen LogP contribution in [0, 0.1) is 5.92 Å². The van der Waals surface area contributed by atoms with Crippen LogP contribution in [0.25, 0.3) is 0 Å². The van der Waals surface area contributed by atoms with E-state index in [1.54, 1.807) is 0 Å². The lowest BCUT2D eigenvalue weighted by molar-refractivity contribution is 0.233. The van der Waals surface area contributed by atoms with E-state index in [0.29, 0.717) is 0 Å². The van der Waals surface area contributed by atoms with Crippen molar-refractivity contribution in [3.8, 4) is 0 Å². The third-order valence-corrected chi connectivity index (χ3v) is 2.97. The molecule has 0 radical (unpaired) electrons. The quantitative estimate of drug-likeness (QED) is 0.598. The van der Waals surface area contributed by atoms with Crippen LogP contribution in [-0.4, -0.2) is 62.7 Å². The van der Waals surface area contributed by atoms with Gasteiger partial charge in [0, 0.05) is 38.8 Å². The highest BCUT2D eigenvalue weighted by atomic mass is 15.2. The van der Waals surface area contributed by atoms with Crippen molar-refractivity contribution in [2.45, 2.75) is 32.7 Å². The van der Waals surface area contributed by atoms with Crippen LogP contribution in [0.2, 0.25) is 0 Å². The molecule has 96 valence electrons. The molecule has 1 aliphatic rings. The van der Waals surface area contributed by atoms with Crippen LogP contribution >= 0.6 is 0 Å². The predicted molar refractivity (Wildman–Crippen MR) is 70.9 cm³/mol. The maximum Gasteiger partial charge on any atom is 0.0110 e. The van der Waals surface area contributed by atoms with Crippen LogP contribution in [-0.2, 0) is 0 Å². The second kappa shape index (κ2) is 7.25. The summed E-state index contributed by atoms with van der Waals surface area (Å²) in [6.45, 7) is 10.5. The zero-order valence-electron chi connectivity index (χ0n) is 11.5. The normalized spacial score (nSPS) is 16.7. The highest BCUT2D eigenvalue weighted by molar-refractivity contribution is 4.85. The molecule has 0 aromatic carbocycles. The first-order chi connectivity index (χ1) is 7.59. The van der Waals surface area contributed by atoms with Crippen molar-refractivity contribution < 1.29 is 0 Å². The number of nitrogens with zero attached hydrogens (tertiary/aromatic N) is 2. The highest BCUT2D eigenvalue weighted by Crippen LogP contribution is 2.26. The Morgan fingerprint density at radius 1 is 1.12 bits per heavy atom. The van der Waals surface area contributed by atoms with Crippen molar-refractivity contribution in [2.24, 2.45) is 5.92 Å². The Hall–Kier alpha value is -0.120. The standard InChI is InChI=1S/C13H29N3/c1-12(2)11-16(13-5-6-13)10-8-14-7-9-15(3)4/h12-14H,5-11H2,1-4H3. The molecule has 1 aliphatic carbocycles. The van der Waals surface area contributed by atoms with Gasteiger partial charge in [0.2, 0.25) is 0 Å². The molecule has 0 unspecified atom stereocenters. The fourth-order valence-corrected chi connectivity index (χ4v) is 1.98. The highest BCUT2D eigenvalue weighted by Gasteiger charge is 2.28. The third kappa shape index (κ3) is 6.46. The van der Waals surface area contributed by atoms with Gasteiger partial charge in [-0.15, -0.1) is 0 Å². The van der Waals surface area contributed by atoms with Gasteiger partial charge in [0.15, 0.2) is 0 Å². The van der Waals surface area contributed by atoms with E-state index in [1.165, 1.54) is 25.9 Å². The topological polar surface area (TPSA) is 18.5 Å². The summed E-state index contributed by atoms with van der Waals surface area (Å²) >= 11 is 0. The van der Waals surface area contributed by atoms with Crippen molar-refractivity contribution in [1.29, 1.82) is 0 Å². The monoisotopic (exact) mass is 227 g/mol. The summed E-state index contributed by atoms with van der Waals surface area (Å²) in [6, 6.07) is 0.901. The summed E-state index contributed by atoms with van der Waals surface area (Å²) in [5, 5.41) is 3.52. The summed E-state index contributed by atoms with van der Waals surface area (Å²) in [4.78, 5) is 4.88. The van der Waals surface area contributed by atoms with Gasteiger partial charge in [-0.2, -0.15) is 0 Å². The van der Waals surface area contributed by atoms with Crippen molar-refractivity contribution in [1.82, 2.24) is 15.1 Å². The molecule has 0 aliphatic heterocycles. The molecular weight excluding hydrogens is 198 g/mol. The Morgan fingerprint density at radius 3 is 2.25 bits per heavy atom. The molecule has 0 aromatic heterocycles. The molecule has 0 aromatic rings. The lowest BCUT2D eigenvalue weighted by Crippen LogP contribution is -2.37. The molecule has 0 bridgehead atoms. The Bertz CT molecular complexity index is 176. The third-order valence-electron chi connectivity index (χ3n) is 2.97. The van der Waals surface area contributed by atoms with E-state index in [0.717, 1.165) is 31.6 Å². The van der Waals surface area contributed by atoms with Gasteiger partial charge in [0.25, 0.3) is 0 Å². The number of rotatable bonds is 9. The summed E-state index contributed by atoms with van der Waals surface area (Å²) in [5.41, 5.74) is 0. The number of likely N-dealkylation sites (N-methyl/N-ethyl adjacent to an activating group) is 1. The lowest BCUT2D eigenvalue weighted by Gasteiger charge is -2.24. The van der Waals surface area contributed by atoms with Gasteiger partial charge in [0.1, 0.15) is 0 Å². The second-order valence-electron chi connectivity index (χ2n) is 5.67. The SMILES string of the molecule is CC(C)CN(CCNCCN(C)C)C1CC1. The fourth-order valence-electron chi connectivity index (χ4n) is 1.98. The summed E-state index contributed by atoms with van der Waals surface area (Å²) in [7, 11) is 4.24. The molecule has 1 N–H and O–H groups in total.